The number of hydrogen-bond acceptors (Lipinski definition) is 4. The Morgan fingerprint density at radius 3 is 2.79 bits per heavy atom. The van der Waals surface area contributed by atoms with Gasteiger partial charge in [-0.05, 0) is 43.8 Å². The van der Waals surface area contributed by atoms with E-state index < -0.39 is 0 Å². The number of rotatable bonds is 4. The van der Waals surface area contributed by atoms with E-state index in [1.807, 2.05) is 23.4 Å². The van der Waals surface area contributed by atoms with Crippen molar-refractivity contribution in [2.45, 2.75) is 12.8 Å². The second kappa shape index (κ2) is 7.72. The van der Waals surface area contributed by atoms with Crippen molar-refractivity contribution in [2.75, 3.05) is 33.8 Å². The quantitative estimate of drug-likeness (QED) is 0.927. The van der Waals surface area contributed by atoms with E-state index in [4.69, 9.17) is 4.74 Å². The Morgan fingerprint density at radius 1 is 1.53 bits per heavy atom. The number of likely N-dealkylation sites (tertiary alicyclic amines) is 1. The molecule has 0 bridgehead atoms. The molecule has 0 unspecified atom stereocenters. The molecule has 1 aliphatic heterocycles. The number of thiophene rings is 1. The molecule has 0 atom stereocenters. The number of halogens is 1. The largest absolute Gasteiger partial charge is 0.495 e. The topological polar surface area (TPSA) is 41.6 Å². The fourth-order valence-electron chi connectivity index (χ4n) is 2.39. The monoisotopic (exact) mass is 304 g/mol. The second-order valence-corrected chi connectivity index (χ2v) is 5.53. The van der Waals surface area contributed by atoms with Crippen LogP contribution in [-0.2, 0) is 0 Å². The Hall–Kier alpha value is -0.780. The number of piperidine rings is 1. The molecule has 1 amide bonds. The van der Waals surface area contributed by atoms with Crippen LogP contribution in [0.4, 0.5) is 0 Å². The van der Waals surface area contributed by atoms with Crippen molar-refractivity contribution in [1.29, 1.82) is 0 Å². The van der Waals surface area contributed by atoms with Crippen LogP contribution >= 0.6 is 23.7 Å². The molecule has 1 aromatic heterocycles. The molecule has 6 heteroatoms. The first-order chi connectivity index (χ1) is 8.76. The van der Waals surface area contributed by atoms with Crippen LogP contribution in [0.5, 0.6) is 5.75 Å². The molecule has 1 saturated heterocycles. The summed E-state index contributed by atoms with van der Waals surface area (Å²) in [6, 6.07) is 1.85. The first-order valence-corrected chi connectivity index (χ1v) is 7.19. The Morgan fingerprint density at radius 2 is 2.21 bits per heavy atom. The van der Waals surface area contributed by atoms with Crippen LogP contribution in [0.1, 0.15) is 22.5 Å². The molecule has 0 aliphatic carbocycles. The molecule has 0 spiro atoms. The van der Waals surface area contributed by atoms with Gasteiger partial charge in [-0.3, -0.25) is 4.79 Å². The van der Waals surface area contributed by atoms with E-state index in [0.29, 0.717) is 11.7 Å². The van der Waals surface area contributed by atoms with Gasteiger partial charge in [0.2, 0.25) is 0 Å². The highest BCUT2D eigenvalue weighted by molar-refractivity contribution is 7.12. The zero-order chi connectivity index (χ0) is 13.0. The molecule has 2 heterocycles. The van der Waals surface area contributed by atoms with E-state index in [1.54, 1.807) is 7.11 Å². The standard InChI is InChI=1S/C13H20N2O2S.ClH/c1-14-9-10-3-6-15(7-4-10)13(16)12-11(17-2)5-8-18-12;/h5,8,10,14H,3-4,6-7,9H2,1-2H3;1H. The van der Waals surface area contributed by atoms with Crippen LogP contribution in [0.15, 0.2) is 11.4 Å². The number of nitrogens with one attached hydrogen (secondary N) is 1. The SMILES string of the molecule is CNCC1CCN(C(=O)c2sccc2OC)CC1.Cl. The van der Waals surface area contributed by atoms with E-state index in [9.17, 15) is 4.79 Å². The summed E-state index contributed by atoms with van der Waals surface area (Å²) < 4.78 is 5.21. The van der Waals surface area contributed by atoms with Gasteiger partial charge in [0.05, 0.1) is 7.11 Å². The molecule has 0 aromatic carbocycles. The number of methoxy groups -OCH3 is 1. The fraction of sp³-hybridized carbons (Fsp3) is 0.615. The average Bonchev–Trinajstić information content (AvgIpc) is 2.87. The minimum Gasteiger partial charge on any atom is -0.495 e. The lowest BCUT2D eigenvalue weighted by molar-refractivity contribution is 0.0693. The second-order valence-electron chi connectivity index (χ2n) is 4.61. The Kier molecular flexibility index (Phi) is 6.62. The molecule has 1 fully saturated rings. The highest BCUT2D eigenvalue weighted by Gasteiger charge is 2.25. The normalized spacial score (nSPS) is 16.0. The van der Waals surface area contributed by atoms with Crippen molar-refractivity contribution < 1.29 is 9.53 Å². The molecular formula is C13H21ClN2O2S. The zero-order valence-corrected chi connectivity index (χ0v) is 13.0. The summed E-state index contributed by atoms with van der Waals surface area (Å²) in [5.41, 5.74) is 0. The lowest BCUT2D eigenvalue weighted by atomic mass is 9.97. The van der Waals surface area contributed by atoms with Crippen molar-refractivity contribution in [3.63, 3.8) is 0 Å². The van der Waals surface area contributed by atoms with Gasteiger partial charge in [-0.2, -0.15) is 0 Å². The van der Waals surface area contributed by atoms with E-state index in [-0.39, 0.29) is 18.3 Å². The van der Waals surface area contributed by atoms with Crippen molar-refractivity contribution in [3.05, 3.63) is 16.3 Å². The van der Waals surface area contributed by atoms with Crippen LogP contribution < -0.4 is 10.1 Å². The maximum Gasteiger partial charge on any atom is 0.267 e. The van der Waals surface area contributed by atoms with Gasteiger partial charge in [0, 0.05) is 13.1 Å². The summed E-state index contributed by atoms with van der Waals surface area (Å²) in [5, 5.41) is 5.11. The maximum absolute atomic E-state index is 12.3. The number of ether oxygens (including phenoxy) is 1. The Balaban J connectivity index is 0.00000180. The van der Waals surface area contributed by atoms with Gasteiger partial charge < -0.3 is 15.0 Å². The number of amides is 1. The van der Waals surface area contributed by atoms with Crippen molar-refractivity contribution in [3.8, 4) is 5.75 Å². The minimum absolute atomic E-state index is 0. The van der Waals surface area contributed by atoms with Gasteiger partial charge in [0.25, 0.3) is 5.91 Å². The third-order valence-electron chi connectivity index (χ3n) is 3.44. The van der Waals surface area contributed by atoms with Gasteiger partial charge in [-0.15, -0.1) is 23.7 Å². The Bertz CT molecular complexity index is 403. The molecule has 1 aromatic rings. The molecule has 4 nitrogen and oxygen atoms in total. The summed E-state index contributed by atoms with van der Waals surface area (Å²) in [4.78, 5) is 15.0. The zero-order valence-electron chi connectivity index (χ0n) is 11.3. The van der Waals surface area contributed by atoms with E-state index >= 15 is 0 Å². The maximum atomic E-state index is 12.3. The molecular weight excluding hydrogens is 284 g/mol. The van der Waals surface area contributed by atoms with Crippen molar-refractivity contribution in [1.82, 2.24) is 10.2 Å². The van der Waals surface area contributed by atoms with Crippen molar-refractivity contribution >= 4 is 29.7 Å². The summed E-state index contributed by atoms with van der Waals surface area (Å²) in [6.07, 6.45) is 2.17. The van der Waals surface area contributed by atoms with E-state index in [1.165, 1.54) is 11.3 Å². The first-order valence-electron chi connectivity index (χ1n) is 6.31. The van der Waals surface area contributed by atoms with E-state index in [0.717, 1.165) is 37.4 Å². The third-order valence-corrected chi connectivity index (χ3v) is 4.32. The fourth-order valence-corrected chi connectivity index (χ4v) is 3.21. The third kappa shape index (κ3) is 3.84. The number of hydrogen-bond donors (Lipinski definition) is 1. The predicted molar refractivity (Wildman–Crippen MR) is 80.7 cm³/mol. The lowest BCUT2D eigenvalue weighted by Gasteiger charge is -2.31. The molecule has 0 saturated carbocycles. The molecule has 108 valence electrons. The molecule has 19 heavy (non-hydrogen) atoms. The van der Waals surface area contributed by atoms with Crippen LogP contribution in [0.2, 0.25) is 0 Å². The van der Waals surface area contributed by atoms with E-state index in [2.05, 4.69) is 5.32 Å². The Labute approximate surface area is 124 Å². The van der Waals surface area contributed by atoms with Crippen LogP contribution in [0.25, 0.3) is 0 Å². The molecule has 2 rings (SSSR count). The summed E-state index contributed by atoms with van der Waals surface area (Å²) in [5.74, 6) is 1.51. The van der Waals surface area contributed by atoms with Gasteiger partial charge in [-0.1, -0.05) is 0 Å². The highest BCUT2D eigenvalue weighted by atomic mass is 35.5. The molecule has 1 aliphatic rings. The van der Waals surface area contributed by atoms with Gasteiger partial charge in [-0.25, -0.2) is 0 Å². The van der Waals surface area contributed by atoms with Crippen molar-refractivity contribution in [2.24, 2.45) is 5.92 Å². The molecule has 0 radical (unpaired) electrons. The molecule has 1 N–H and O–H groups in total. The summed E-state index contributed by atoms with van der Waals surface area (Å²) in [7, 11) is 3.59. The van der Waals surface area contributed by atoms with Gasteiger partial charge >= 0.3 is 0 Å². The summed E-state index contributed by atoms with van der Waals surface area (Å²) >= 11 is 1.46. The van der Waals surface area contributed by atoms with Crippen LogP contribution in [0.3, 0.4) is 0 Å². The first kappa shape index (κ1) is 16.3. The lowest BCUT2D eigenvalue weighted by Crippen LogP contribution is -2.40. The number of nitrogens with zero attached hydrogens (tertiary/aromatic N) is 1. The predicted octanol–water partition coefficient (Wildman–Crippen LogP) is 2.25. The van der Waals surface area contributed by atoms with Gasteiger partial charge in [0.1, 0.15) is 10.6 Å². The highest BCUT2D eigenvalue weighted by Crippen LogP contribution is 2.27. The van der Waals surface area contributed by atoms with Crippen LogP contribution in [0, 0.1) is 5.92 Å². The average molecular weight is 305 g/mol. The van der Waals surface area contributed by atoms with Crippen LogP contribution in [-0.4, -0.2) is 44.6 Å². The smallest absolute Gasteiger partial charge is 0.267 e. The number of carbonyl (C=O) groups excluding carboxylic acids is 1. The summed E-state index contributed by atoms with van der Waals surface area (Å²) in [6.45, 7) is 2.75. The van der Waals surface area contributed by atoms with Gasteiger partial charge in [0.15, 0.2) is 0 Å². The minimum atomic E-state index is 0. The number of carbonyl (C=O) groups is 1.